The number of hydrogen-bond donors (Lipinski definition) is 0. The fourth-order valence-corrected chi connectivity index (χ4v) is 4.02. The largest absolute Gasteiger partial charge is 0.473 e. The predicted octanol–water partition coefficient (Wildman–Crippen LogP) is 5.71. The van der Waals surface area contributed by atoms with Crippen molar-refractivity contribution in [3.8, 4) is 11.5 Å². The van der Waals surface area contributed by atoms with Crippen LogP contribution in [0, 0.1) is 0 Å². The molecule has 3 aromatic carbocycles. The van der Waals surface area contributed by atoms with Crippen molar-refractivity contribution in [2.75, 3.05) is 23.3 Å². The molecule has 0 aliphatic carbocycles. The zero-order valence-electron chi connectivity index (χ0n) is 15.1. The Hall–Kier alpha value is -2.56. The molecule has 0 spiro atoms. The lowest BCUT2D eigenvalue weighted by molar-refractivity contribution is 0.288. The first-order valence-corrected chi connectivity index (χ1v) is 9.84. The molecule has 0 aromatic heterocycles. The van der Waals surface area contributed by atoms with E-state index in [4.69, 9.17) is 32.7 Å². The lowest BCUT2D eigenvalue weighted by atomic mass is 10.1. The Bertz CT molecular complexity index is 941. The molecular weight excluding hydrogens is 395 g/mol. The zero-order valence-corrected chi connectivity index (χ0v) is 16.6. The van der Waals surface area contributed by atoms with Crippen LogP contribution in [0.4, 0.5) is 11.4 Å². The van der Waals surface area contributed by atoms with Crippen LogP contribution >= 0.6 is 23.2 Å². The Morgan fingerprint density at radius 3 is 1.46 bits per heavy atom. The van der Waals surface area contributed by atoms with E-state index >= 15 is 0 Å². The van der Waals surface area contributed by atoms with Crippen molar-refractivity contribution in [3.63, 3.8) is 0 Å². The van der Waals surface area contributed by atoms with Crippen molar-refractivity contribution in [1.82, 2.24) is 0 Å². The van der Waals surface area contributed by atoms with Crippen LogP contribution in [0.5, 0.6) is 11.5 Å². The smallest absolute Gasteiger partial charge is 0.161 e. The lowest BCUT2D eigenvalue weighted by Gasteiger charge is -2.33. The molecule has 2 heterocycles. The van der Waals surface area contributed by atoms with Gasteiger partial charge in [-0.05, 0) is 60.7 Å². The highest BCUT2D eigenvalue weighted by molar-refractivity contribution is 6.31. The van der Waals surface area contributed by atoms with Gasteiger partial charge in [0.2, 0.25) is 0 Å². The molecule has 0 bridgehead atoms. The van der Waals surface area contributed by atoms with Crippen molar-refractivity contribution in [1.29, 1.82) is 0 Å². The summed E-state index contributed by atoms with van der Waals surface area (Å²) in [6, 6.07) is 20.0. The van der Waals surface area contributed by atoms with Gasteiger partial charge in [0.25, 0.3) is 0 Å². The molecule has 2 aliphatic rings. The predicted molar refractivity (Wildman–Crippen MR) is 113 cm³/mol. The van der Waals surface area contributed by atoms with Crippen molar-refractivity contribution in [3.05, 3.63) is 81.8 Å². The summed E-state index contributed by atoms with van der Waals surface area (Å²) in [5, 5.41) is 1.45. The van der Waals surface area contributed by atoms with E-state index in [1.54, 1.807) is 0 Å². The molecule has 2 aliphatic heterocycles. The first-order valence-electron chi connectivity index (χ1n) is 9.08. The van der Waals surface area contributed by atoms with Gasteiger partial charge in [-0.3, -0.25) is 0 Å². The second-order valence-electron chi connectivity index (χ2n) is 6.96. The average molecular weight is 413 g/mol. The van der Waals surface area contributed by atoms with Crippen molar-refractivity contribution in [2.45, 2.75) is 13.1 Å². The number of anilines is 2. The Morgan fingerprint density at radius 2 is 1.04 bits per heavy atom. The second kappa shape index (κ2) is 7.12. The normalized spacial score (nSPS) is 15.4. The van der Waals surface area contributed by atoms with Gasteiger partial charge in [0, 0.05) is 45.6 Å². The molecule has 0 radical (unpaired) electrons. The van der Waals surface area contributed by atoms with Gasteiger partial charge in [0.05, 0.1) is 0 Å². The quantitative estimate of drug-likeness (QED) is 0.538. The molecule has 0 N–H and O–H groups in total. The van der Waals surface area contributed by atoms with E-state index in [-0.39, 0.29) is 0 Å². The third-order valence-corrected chi connectivity index (χ3v) is 5.57. The minimum atomic E-state index is 0.521. The summed E-state index contributed by atoms with van der Waals surface area (Å²) in [4.78, 5) is 4.37. The van der Waals surface area contributed by atoms with E-state index in [0.29, 0.717) is 13.5 Å². The summed E-state index contributed by atoms with van der Waals surface area (Å²) < 4.78 is 11.7. The van der Waals surface area contributed by atoms with Gasteiger partial charge < -0.3 is 19.3 Å². The third kappa shape index (κ3) is 3.34. The molecule has 0 fully saturated rings. The fourth-order valence-electron chi connectivity index (χ4n) is 3.63. The van der Waals surface area contributed by atoms with E-state index < -0.39 is 0 Å². The van der Waals surface area contributed by atoms with E-state index in [1.165, 1.54) is 0 Å². The topological polar surface area (TPSA) is 24.9 Å². The van der Waals surface area contributed by atoms with Gasteiger partial charge in [-0.15, -0.1) is 0 Å². The molecule has 28 heavy (non-hydrogen) atoms. The zero-order chi connectivity index (χ0) is 19.1. The van der Waals surface area contributed by atoms with E-state index in [1.807, 2.05) is 36.4 Å². The molecule has 0 atom stereocenters. The van der Waals surface area contributed by atoms with Crippen LogP contribution in [-0.2, 0) is 13.1 Å². The van der Waals surface area contributed by atoms with Crippen LogP contribution in [-0.4, -0.2) is 13.5 Å². The van der Waals surface area contributed by atoms with Gasteiger partial charge in [-0.1, -0.05) is 23.2 Å². The molecule has 142 valence electrons. The van der Waals surface area contributed by atoms with Crippen LogP contribution < -0.4 is 19.3 Å². The molecule has 0 amide bonds. The van der Waals surface area contributed by atoms with Gasteiger partial charge >= 0.3 is 0 Å². The monoisotopic (exact) mass is 412 g/mol. The summed E-state index contributed by atoms with van der Waals surface area (Å²) >= 11 is 12.2. The van der Waals surface area contributed by atoms with Gasteiger partial charge in [-0.25, -0.2) is 0 Å². The maximum absolute atomic E-state index is 6.12. The molecule has 0 saturated carbocycles. The number of halogens is 2. The van der Waals surface area contributed by atoms with Gasteiger partial charge in [0.15, 0.2) is 13.5 Å². The summed E-state index contributed by atoms with van der Waals surface area (Å²) in [7, 11) is 0. The number of nitrogens with zero attached hydrogens (tertiary/aromatic N) is 2. The minimum Gasteiger partial charge on any atom is -0.473 e. The number of benzene rings is 3. The highest BCUT2D eigenvalue weighted by atomic mass is 35.5. The minimum absolute atomic E-state index is 0.521. The molecule has 5 rings (SSSR count). The van der Waals surface area contributed by atoms with Crippen LogP contribution in [0.2, 0.25) is 10.0 Å². The summed E-state index contributed by atoms with van der Waals surface area (Å²) in [6.45, 7) is 2.58. The van der Waals surface area contributed by atoms with Crippen molar-refractivity contribution >= 4 is 34.6 Å². The average Bonchev–Trinajstić information content (AvgIpc) is 2.73. The van der Waals surface area contributed by atoms with E-state index in [0.717, 1.165) is 57.1 Å². The van der Waals surface area contributed by atoms with Gasteiger partial charge in [0.1, 0.15) is 11.5 Å². The first-order chi connectivity index (χ1) is 13.7. The highest BCUT2D eigenvalue weighted by Crippen LogP contribution is 2.33. The van der Waals surface area contributed by atoms with E-state index in [9.17, 15) is 0 Å². The van der Waals surface area contributed by atoms with Crippen LogP contribution in [0.25, 0.3) is 0 Å². The Morgan fingerprint density at radius 1 is 0.607 bits per heavy atom. The standard InChI is InChI=1S/C22H18Cl2N2O2/c23-17-1-7-21-15(9-17)11-25(13-27-21)19-3-5-20(6-4-19)26-12-16-10-18(24)2-8-22(16)28-14-26/h1-10H,11-14H2. The SMILES string of the molecule is Clc1ccc2c(c1)CN(c1ccc(N3COc4ccc(Cl)cc4C3)cc1)CO2. The fraction of sp³-hybridized carbons (Fsp3) is 0.182. The Balaban J connectivity index is 1.33. The molecule has 0 unspecified atom stereocenters. The Kier molecular flexibility index (Phi) is 4.46. The molecule has 3 aromatic rings. The summed E-state index contributed by atoms with van der Waals surface area (Å²) in [5.74, 6) is 1.81. The number of fused-ring (bicyclic) bond motifs is 2. The van der Waals surface area contributed by atoms with E-state index in [2.05, 4.69) is 34.1 Å². The highest BCUT2D eigenvalue weighted by Gasteiger charge is 2.20. The third-order valence-electron chi connectivity index (χ3n) is 5.10. The maximum atomic E-state index is 6.12. The number of rotatable bonds is 2. The number of hydrogen-bond acceptors (Lipinski definition) is 4. The number of ether oxygens (including phenoxy) is 2. The molecule has 0 saturated heterocycles. The second-order valence-corrected chi connectivity index (χ2v) is 7.84. The van der Waals surface area contributed by atoms with Gasteiger partial charge in [-0.2, -0.15) is 0 Å². The molecular formula is C22H18Cl2N2O2. The van der Waals surface area contributed by atoms with Crippen molar-refractivity contribution in [2.24, 2.45) is 0 Å². The lowest BCUT2D eigenvalue weighted by Crippen LogP contribution is -2.33. The summed E-state index contributed by atoms with van der Waals surface area (Å²) in [6.07, 6.45) is 0. The van der Waals surface area contributed by atoms with Crippen molar-refractivity contribution < 1.29 is 9.47 Å². The van der Waals surface area contributed by atoms with Crippen LogP contribution in [0.15, 0.2) is 60.7 Å². The maximum Gasteiger partial charge on any atom is 0.161 e. The molecule has 4 nitrogen and oxygen atoms in total. The first kappa shape index (κ1) is 17.5. The van der Waals surface area contributed by atoms with Crippen LogP contribution in [0.3, 0.4) is 0 Å². The summed E-state index contributed by atoms with van der Waals surface area (Å²) in [5.41, 5.74) is 4.41. The molecule has 6 heteroatoms. The Labute approximate surface area is 173 Å². The van der Waals surface area contributed by atoms with Crippen LogP contribution in [0.1, 0.15) is 11.1 Å².